The van der Waals surface area contributed by atoms with Crippen molar-refractivity contribution in [2.75, 3.05) is 44.4 Å². The SMILES string of the molecule is CN(C)CC1(O)CCCN(c2ccc(N)nc2)C1. The molecule has 100 valence electrons. The number of nitrogens with zero attached hydrogens (tertiary/aromatic N) is 3. The number of β-amino-alcohol motifs (C(OH)–C–C–N with tert-alkyl or cyclic N) is 1. The second-order valence-electron chi connectivity index (χ2n) is 5.43. The predicted molar refractivity (Wildman–Crippen MR) is 73.6 cm³/mol. The van der Waals surface area contributed by atoms with Gasteiger partial charge in [0.05, 0.1) is 17.5 Å². The maximum absolute atomic E-state index is 10.6. The van der Waals surface area contributed by atoms with Gasteiger partial charge in [0, 0.05) is 19.6 Å². The maximum Gasteiger partial charge on any atom is 0.123 e. The van der Waals surface area contributed by atoms with Gasteiger partial charge in [-0.3, -0.25) is 0 Å². The first-order chi connectivity index (χ1) is 8.48. The van der Waals surface area contributed by atoms with Crippen molar-refractivity contribution in [1.82, 2.24) is 9.88 Å². The van der Waals surface area contributed by atoms with Gasteiger partial charge in [0.15, 0.2) is 0 Å². The topological polar surface area (TPSA) is 65.6 Å². The van der Waals surface area contributed by atoms with E-state index in [1.165, 1.54) is 0 Å². The lowest BCUT2D eigenvalue weighted by Gasteiger charge is -2.41. The number of rotatable bonds is 3. The van der Waals surface area contributed by atoms with Crippen molar-refractivity contribution in [3.63, 3.8) is 0 Å². The van der Waals surface area contributed by atoms with E-state index in [1.807, 2.05) is 25.1 Å². The Morgan fingerprint density at radius 3 is 2.89 bits per heavy atom. The molecule has 1 saturated heterocycles. The monoisotopic (exact) mass is 250 g/mol. The average Bonchev–Trinajstić information content (AvgIpc) is 2.28. The van der Waals surface area contributed by atoms with Crippen molar-refractivity contribution in [1.29, 1.82) is 0 Å². The average molecular weight is 250 g/mol. The summed E-state index contributed by atoms with van der Waals surface area (Å²) in [7, 11) is 3.98. The van der Waals surface area contributed by atoms with Crippen LogP contribution >= 0.6 is 0 Å². The first-order valence-electron chi connectivity index (χ1n) is 6.32. The first kappa shape index (κ1) is 13.1. The van der Waals surface area contributed by atoms with Gasteiger partial charge < -0.3 is 20.6 Å². The summed E-state index contributed by atoms with van der Waals surface area (Å²) in [5.74, 6) is 0.527. The van der Waals surface area contributed by atoms with E-state index in [-0.39, 0.29) is 0 Å². The normalized spacial score (nSPS) is 24.6. The van der Waals surface area contributed by atoms with Crippen molar-refractivity contribution >= 4 is 11.5 Å². The lowest BCUT2D eigenvalue weighted by molar-refractivity contribution is 0.00369. The van der Waals surface area contributed by atoms with Gasteiger partial charge in [0.2, 0.25) is 0 Å². The third-order valence-electron chi connectivity index (χ3n) is 3.30. The van der Waals surface area contributed by atoms with Gasteiger partial charge in [-0.2, -0.15) is 0 Å². The zero-order valence-corrected chi connectivity index (χ0v) is 11.1. The molecule has 5 nitrogen and oxygen atoms in total. The maximum atomic E-state index is 10.6. The van der Waals surface area contributed by atoms with E-state index in [0.29, 0.717) is 18.9 Å². The van der Waals surface area contributed by atoms with Crippen LogP contribution < -0.4 is 10.6 Å². The molecule has 1 atom stereocenters. The minimum absolute atomic E-state index is 0.527. The largest absolute Gasteiger partial charge is 0.387 e. The molecule has 18 heavy (non-hydrogen) atoms. The molecule has 0 radical (unpaired) electrons. The summed E-state index contributed by atoms with van der Waals surface area (Å²) in [5, 5.41) is 10.6. The van der Waals surface area contributed by atoms with Crippen LogP contribution in [0.5, 0.6) is 0 Å². The zero-order chi connectivity index (χ0) is 13.2. The van der Waals surface area contributed by atoms with Crippen molar-refractivity contribution in [3.05, 3.63) is 18.3 Å². The van der Waals surface area contributed by atoms with Gasteiger partial charge in [-0.05, 0) is 39.1 Å². The van der Waals surface area contributed by atoms with Crippen molar-refractivity contribution < 1.29 is 5.11 Å². The number of pyridine rings is 1. The van der Waals surface area contributed by atoms with E-state index in [4.69, 9.17) is 5.73 Å². The molecule has 5 heteroatoms. The summed E-state index contributed by atoms with van der Waals surface area (Å²) in [6.07, 6.45) is 3.62. The second-order valence-corrected chi connectivity index (χ2v) is 5.43. The Kier molecular flexibility index (Phi) is 3.73. The number of likely N-dealkylation sites (N-methyl/N-ethyl adjacent to an activating group) is 1. The van der Waals surface area contributed by atoms with Gasteiger partial charge in [-0.1, -0.05) is 0 Å². The highest BCUT2D eigenvalue weighted by molar-refractivity contribution is 5.48. The Morgan fingerprint density at radius 2 is 2.28 bits per heavy atom. The zero-order valence-electron chi connectivity index (χ0n) is 11.1. The molecule has 2 heterocycles. The number of anilines is 2. The van der Waals surface area contributed by atoms with E-state index in [9.17, 15) is 5.11 Å². The highest BCUT2D eigenvalue weighted by Crippen LogP contribution is 2.26. The second kappa shape index (κ2) is 5.12. The van der Waals surface area contributed by atoms with Crippen LogP contribution in [0.1, 0.15) is 12.8 Å². The van der Waals surface area contributed by atoms with Crippen LogP contribution in [0.2, 0.25) is 0 Å². The lowest BCUT2D eigenvalue weighted by Crippen LogP contribution is -2.53. The molecule has 0 aliphatic carbocycles. The highest BCUT2D eigenvalue weighted by Gasteiger charge is 2.33. The molecular weight excluding hydrogens is 228 g/mol. The number of aliphatic hydroxyl groups is 1. The van der Waals surface area contributed by atoms with Crippen molar-refractivity contribution in [2.24, 2.45) is 0 Å². The molecule has 1 aliphatic rings. The molecule has 1 aliphatic heterocycles. The number of nitrogen functional groups attached to an aromatic ring is 1. The summed E-state index contributed by atoms with van der Waals surface area (Å²) < 4.78 is 0. The third-order valence-corrected chi connectivity index (χ3v) is 3.30. The van der Waals surface area contributed by atoms with E-state index < -0.39 is 5.60 Å². The Hall–Kier alpha value is -1.33. The van der Waals surface area contributed by atoms with Gasteiger partial charge in [0.25, 0.3) is 0 Å². The van der Waals surface area contributed by atoms with Crippen LogP contribution in [-0.4, -0.2) is 54.3 Å². The summed E-state index contributed by atoms with van der Waals surface area (Å²) >= 11 is 0. The molecule has 0 spiro atoms. The highest BCUT2D eigenvalue weighted by atomic mass is 16.3. The van der Waals surface area contributed by atoms with Crippen LogP contribution in [0.4, 0.5) is 11.5 Å². The Morgan fingerprint density at radius 1 is 1.50 bits per heavy atom. The van der Waals surface area contributed by atoms with Crippen LogP contribution in [0.15, 0.2) is 18.3 Å². The van der Waals surface area contributed by atoms with Crippen LogP contribution in [0, 0.1) is 0 Å². The van der Waals surface area contributed by atoms with E-state index in [2.05, 4.69) is 9.88 Å². The minimum Gasteiger partial charge on any atom is -0.387 e. The van der Waals surface area contributed by atoms with Gasteiger partial charge in [-0.15, -0.1) is 0 Å². The summed E-state index contributed by atoms with van der Waals surface area (Å²) in [4.78, 5) is 8.32. The van der Waals surface area contributed by atoms with Gasteiger partial charge in [0.1, 0.15) is 5.82 Å². The number of hydrogen-bond donors (Lipinski definition) is 2. The van der Waals surface area contributed by atoms with E-state index >= 15 is 0 Å². The molecule has 3 N–H and O–H groups in total. The minimum atomic E-state index is -0.636. The molecule has 1 aromatic heterocycles. The molecule has 0 aromatic carbocycles. The molecule has 1 aromatic rings. The van der Waals surface area contributed by atoms with Crippen LogP contribution in [0.3, 0.4) is 0 Å². The predicted octanol–water partition coefficient (Wildman–Crippen LogP) is 0.557. The number of hydrogen-bond acceptors (Lipinski definition) is 5. The van der Waals surface area contributed by atoms with Crippen LogP contribution in [-0.2, 0) is 0 Å². The molecular formula is C13H22N4O. The number of aromatic nitrogens is 1. The Bertz CT molecular complexity index is 392. The first-order valence-corrected chi connectivity index (χ1v) is 6.32. The lowest BCUT2D eigenvalue weighted by atomic mass is 9.92. The van der Waals surface area contributed by atoms with Crippen molar-refractivity contribution in [2.45, 2.75) is 18.4 Å². The van der Waals surface area contributed by atoms with E-state index in [0.717, 1.165) is 25.1 Å². The Balaban J connectivity index is 2.08. The summed E-state index contributed by atoms with van der Waals surface area (Å²) in [6.45, 7) is 2.30. The fraction of sp³-hybridized carbons (Fsp3) is 0.615. The quantitative estimate of drug-likeness (QED) is 0.820. The fourth-order valence-corrected chi connectivity index (χ4v) is 2.63. The smallest absolute Gasteiger partial charge is 0.123 e. The van der Waals surface area contributed by atoms with Gasteiger partial charge in [-0.25, -0.2) is 4.98 Å². The van der Waals surface area contributed by atoms with Gasteiger partial charge >= 0.3 is 0 Å². The number of nitrogens with two attached hydrogens (primary N) is 1. The molecule has 0 bridgehead atoms. The molecule has 2 rings (SSSR count). The van der Waals surface area contributed by atoms with Crippen molar-refractivity contribution in [3.8, 4) is 0 Å². The molecule has 1 unspecified atom stereocenters. The fourth-order valence-electron chi connectivity index (χ4n) is 2.63. The summed E-state index contributed by atoms with van der Waals surface area (Å²) in [6, 6.07) is 3.76. The molecule has 0 amide bonds. The third kappa shape index (κ3) is 3.11. The van der Waals surface area contributed by atoms with E-state index in [1.54, 1.807) is 12.3 Å². The summed E-state index contributed by atoms with van der Waals surface area (Å²) in [5.41, 5.74) is 5.98. The Labute approximate surface area is 108 Å². The standard InChI is InChI=1S/C13H22N4O/c1-16(2)9-13(18)6-3-7-17(10-13)11-4-5-12(14)15-8-11/h4-5,8,18H,3,6-7,9-10H2,1-2H3,(H2,14,15). The van der Waals surface area contributed by atoms with Crippen LogP contribution in [0.25, 0.3) is 0 Å². The number of piperidine rings is 1. The molecule has 1 fully saturated rings. The molecule has 0 saturated carbocycles.